The molecule has 1 aromatic rings. The third-order valence-electron chi connectivity index (χ3n) is 2.63. The minimum atomic E-state index is 0.685. The van der Waals surface area contributed by atoms with Crippen LogP contribution in [-0.4, -0.2) is 18.1 Å². The third-order valence-corrected chi connectivity index (χ3v) is 2.63. The lowest BCUT2D eigenvalue weighted by Crippen LogP contribution is -2.20. The van der Waals surface area contributed by atoms with E-state index in [0.717, 1.165) is 31.9 Å². The average molecular weight is 249 g/mol. The Hall–Kier alpha value is -0.930. The van der Waals surface area contributed by atoms with Gasteiger partial charge in [0.25, 0.3) is 0 Å². The molecule has 3 nitrogen and oxygen atoms in total. The van der Waals surface area contributed by atoms with Crippen LogP contribution < -0.4 is 10.6 Å². The summed E-state index contributed by atoms with van der Waals surface area (Å²) in [6.07, 6.45) is 1.97. The minimum Gasteiger partial charge on any atom is -0.312 e. The van der Waals surface area contributed by atoms with Crippen molar-refractivity contribution in [3.05, 3.63) is 29.6 Å². The first kappa shape index (κ1) is 15.1. The predicted molar refractivity (Wildman–Crippen MR) is 77.3 cm³/mol. The van der Waals surface area contributed by atoms with Gasteiger partial charge in [0, 0.05) is 19.3 Å². The van der Waals surface area contributed by atoms with Gasteiger partial charge in [-0.1, -0.05) is 33.8 Å². The Morgan fingerprint density at radius 1 is 0.944 bits per heavy atom. The topological polar surface area (TPSA) is 37.0 Å². The van der Waals surface area contributed by atoms with Crippen molar-refractivity contribution < 1.29 is 0 Å². The fourth-order valence-corrected chi connectivity index (χ4v) is 1.66. The quantitative estimate of drug-likeness (QED) is 0.743. The highest BCUT2D eigenvalue weighted by atomic mass is 14.9. The molecule has 0 fully saturated rings. The van der Waals surface area contributed by atoms with E-state index in [4.69, 9.17) is 0 Å². The lowest BCUT2D eigenvalue weighted by atomic mass is 10.2. The molecular weight excluding hydrogens is 222 g/mol. The second kappa shape index (κ2) is 8.22. The molecule has 0 amide bonds. The summed E-state index contributed by atoms with van der Waals surface area (Å²) in [7, 11) is 0. The van der Waals surface area contributed by atoms with Crippen LogP contribution in [0.25, 0.3) is 0 Å². The molecule has 0 aliphatic heterocycles. The first-order valence-electron chi connectivity index (χ1n) is 6.93. The number of rotatable bonds is 8. The van der Waals surface area contributed by atoms with Crippen LogP contribution in [0.4, 0.5) is 0 Å². The molecule has 102 valence electrons. The minimum absolute atomic E-state index is 0.685. The number of aromatic nitrogens is 1. The normalized spacial score (nSPS) is 11.4. The fraction of sp³-hybridized carbons (Fsp3) is 0.667. The summed E-state index contributed by atoms with van der Waals surface area (Å²) in [6.45, 7) is 12.7. The van der Waals surface area contributed by atoms with E-state index in [1.54, 1.807) is 0 Å². The van der Waals surface area contributed by atoms with E-state index < -0.39 is 0 Å². The SMILES string of the molecule is CC(C)CNCc1ccc(CNCC(C)C)nc1. The average Bonchev–Trinajstić information content (AvgIpc) is 2.30. The van der Waals surface area contributed by atoms with Crippen LogP contribution in [0.3, 0.4) is 0 Å². The number of hydrogen-bond acceptors (Lipinski definition) is 3. The van der Waals surface area contributed by atoms with Crippen LogP contribution in [0.5, 0.6) is 0 Å². The van der Waals surface area contributed by atoms with Crippen molar-refractivity contribution in [2.45, 2.75) is 40.8 Å². The van der Waals surface area contributed by atoms with Crippen molar-refractivity contribution in [1.82, 2.24) is 15.6 Å². The van der Waals surface area contributed by atoms with Crippen molar-refractivity contribution in [1.29, 1.82) is 0 Å². The summed E-state index contributed by atoms with van der Waals surface area (Å²) in [6, 6.07) is 4.27. The van der Waals surface area contributed by atoms with Crippen molar-refractivity contribution >= 4 is 0 Å². The second-order valence-electron chi connectivity index (χ2n) is 5.71. The molecule has 0 saturated carbocycles. The Morgan fingerprint density at radius 3 is 2.06 bits per heavy atom. The van der Waals surface area contributed by atoms with Gasteiger partial charge in [-0.05, 0) is 36.6 Å². The maximum Gasteiger partial charge on any atom is 0.0541 e. The number of nitrogens with one attached hydrogen (secondary N) is 2. The highest BCUT2D eigenvalue weighted by Crippen LogP contribution is 2.01. The van der Waals surface area contributed by atoms with Gasteiger partial charge in [0.15, 0.2) is 0 Å². The molecule has 1 rings (SSSR count). The maximum atomic E-state index is 4.47. The highest BCUT2D eigenvalue weighted by Gasteiger charge is 1.98. The van der Waals surface area contributed by atoms with Crippen LogP contribution >= 0.6 is 0 Å². The van der Waals surface area contributed by atoms with E-state index >= 15 is 0 Å². The summed E-state index contributed by atoms with van der Waals surface area (Å²) in [5, 5.41) is 6.82. The zero-order valence-corrected chi connectivity index (χ0v) is 12.2. The smallest absolute Gasteiger partial charge is 0.0541 e. The summed E-state index contributed by atoms with van der Waals surface area (Å²) in [5.74, 6) is 1.38. The summed E-state index contributed by atoms with van der Waals surface area (Å²) < 4.78 is 0. The highest BCUT2D eigenvalue weighted by molar-refractivity contribution is 5.13. The molecule has 0 aliphatic carbocycles. The summed E-state index contributed by atoms with van der Waals surface area (Å²) in [5.41, 5.74) is 2.37. The lowest BCUT2D eigenvalue weighted by molar-refractivity contribution is 0.545. The van der Waals surface area contributed by atoms with Crippen LogP contribution in [-0.2, 0) is 13.1 Å². The molecular formula is C15H27N3. The second-order valence-corrected chi connectivity index (χ2v) is 5.71. The van der Waals surface area contributed by atoms with Gasteiger partial charge in [-0.2, -0.15) is 0 Å². The lowest BCUT2D eigenvalue weighted by Gasteiger charge is -2.09. The van der Waals surface area contributed by atoms with Gasteiger partial charge in [-0.15, -0.1) is 0 Å². The summed E-state index contributed by atoms with van der Waals surface area (Å²) >= 11 is 0. The number of hydrogen-bond donors (Lipinski definition) is 2. The molecule has 0 aromatic carbocycles. The molecule has 0 aliphatic rings. The van der Waals surface area contributed by atoms with Gasteiger partial charge in [-0.25, -0.2) is 0 Å². The Balaban J connectivity index is 2.28. The van der Waals surface area contributed by atoms with E-state index in [9.17, 15) is 0 Å². The summed E-state index contributed by atoms with van der Waals surface area (Å²) in [4.78, 5) is 4.47. The fourth-order valence-electron chi connectivity index (χ4n) is 1.66. The van der Waals surface area contributed by atoms with Gasteiger partial charge >= 0.3 is 0 Å². The van der Waals surface area contributed by atoms with Crippen molar-refractivity contribution in [2.24, 2.45) is 11.8 Å². The predicted octanol–water partition coefficient (Wildman–Crippen LogP) is 2.57. The Morgan fingerprint density at radius 2 is 1.56 bits per heavy atom. The van der Waals surface area contributed by atoms with Gasteiger partial charge < -0.3 is 10.6 Å². The Labute approximate surface area is 111 Å². The molecule has 3 heteroatoms. The molecule has 1 aromatic heterocycles. The van der Waals surface area contributed by atoms with Crippen LogP contribution in [0.1, 0.15) is 39.0 Å². The zero-order valence-electron chi connectivity index (χ0n) is 12.2. The molecule has 0 unspecified atom stereocenters. The van der Waals surface area contributed by atoms with E-state index in [0.29, 0.717) is 11.8 Å². The van der Waals surface area contributed by atoms with E-state index in [-0.39, 0.29) is 0 Å². The first-order valence-corrected chi connectivity index (χ1v) is 6.93. The Bertz CT molecular complexity index is 284. The number of pyridine rings is 1. The maximum absolute atomic E-state index is 4.47. The molecule has 0 saturated heterocycles. The van der Waals surface area contributed by atoms with Crippen LogP contribution in [0.2, 0.25) is 0 Å². The van der Waals surface area contributed by atoms with Crippen molar-refractivity contribution in [2.75, 3.05) is 13.1 Å². The van der Waals surface area contributed by atoms with Gasteiger partial charge in [0.2, 0.25) is 0 Å². The van der Waals surface area contributed by atoms with Crippen molar-refractivity contribution in [3.8, 4) is 0 Å². The largest absolute Gasteiger partial charge is 0.312 e. The monoisotopic (exact) mass is 249 g/mol. The third kappa shape index (κ3) is 6.72. The van der Waals surface area contributed by atoms with Crippen LogP contribution in [0, 0.1) is 11.8 Å². The van der Waals surface area contributed by atoms with Crippen molar-refractivity contribution in [3.63, 3.8) is 0 Å². The molecule has 0 radical (unpaired) electrons. The molecule has 18 heavy (non-hydrogen) atoms. The standard InChI is InChI=1S/C15H27N3/c1-12(2)7-16-9-14-5-6-15(18-10-14)11-17-8-13(3)4/h5-6,10,12-13,16-17H,7-9,11H2,1-4H3. The first-order chi connectivity index (χ1) is 8.58. The zero-order chi connectivity index (χ0) is 13.4. The molecule has 1 heterocycles. The van der Waals surface area contributed by atoms with E-state index in [2.05, 4.69) is 55.4 Å². The van der Waals surface area contributed by atoms with Gasteiger partial charge in [0.1, 0.15) is 0 Å². The van der Waals surface area contributed by atoms with E-state index in [1.165, 1.54) is 5.56 Å². The van der Waals surface area contributed by atoms with Gasteiger partial charge in [-0.3, -0.25) is 4.98 Å². The molecule has 0 spiro atoms. The molecule has 2 N–H and O–H groups in total. The van der Waals surface area contributed by atoms with E-state index in [1.807, 2.05) is 6.20 Å². The van der Waals surface area contributed by atoms with Crippen LogP contribution in [0.15, 0.2) is 18.3 Å². The molecule has 0 atom stereocenters. The van der Waals surface area contributed by atoms with Gasteiger partial charge in [0.05, 0.1) is 5.69 Å². The molecule has 0 bridgehead atoms. The number of nitrogens with zero attached hydrogens (tertiary/aromatic N) is 1. The Kier molecular flexibility index (Phi) is 6.91.